The molecule has 0 unspecified atom stereocenters. The molecule has 0 saturated heterocycles. The van der Waals surface area contributed by atoms with Crippen LogP contribution in [0.2, 0.25) is 0 Å². The number of halogens is 3. The van der Waals surface area contributed by atoms with Crippen molar-refractivity contribution >= 4 is 21.5 Å². The van der Waals surface area contributed by atoms with Crippen molar-refractivity contribution in [3.63, 3.8) is 0 Å². The molecular weight excluding hydrogens is 273 g/mol. The highest BCUT2D eigenvalue weighted by Crippen LogP contribution is 2.33. The van der Waals surface area contributed by atoms with Gasteiger partial charge in [0.15, 0.2) is 0 Å². The maximum Gasteiger partial charge on any atom is 0.144 e. The van der Waals surface area contributed by atoms with E-state index in [1.165, 1.54) is 0 Å². The molecule has 0 saturated carbocycles. The van der Waals surface area contributed by atoms with E-state index in [9.17, 15) is 13.2 Å². The van der Waals surface area contributed by atoms with Gasteiger partial charge in [-0.05, 0) is 40.8 Å². The molecule has 0 aromatic heterocycles. The quantitative estimate of drug-likeness (QED) is 0.543. The lowest BCUT2D eigenvalue weighted by Crippen LogP contribution is -1.97. The van der Waals surface area contributed by atoms with Gasteiger partial charge in [0.1, 0.15) is 17.5 Å². The molecule has 0 heterocycles. The largest absolute Gasteiger partial charge is 0.206 e. The summed E-state index contributed by atoms with van der Waals surface area (Å²) < 4.78 is 43.6. The van der Waals surface area contributed by atoms with Crippen molar-refractivity contribution in [1.29, 1.82) is 0 Å². The molecule has 3 aromatic rings. The Kier molecular flexibility index (Phi) is 3.36. The van der Waals surface area contributed by atoms with E-state index in [-0.39, 0.29) is 10.8 Å². The van der Waals surface area contributed by atoms with E-state index < -0.39 is 17.5 Å². The second-order valence-corrected chi connectivity index (χ2v) is 5.17. The monoisotopic (exact) mass is 288 g/mol. The Morgan fingerprint density at radius 3 is 1.48 bits per heavy atom. The van der Waals surface area contributed by atoms with Crippen LogP contribution in [0.5, 0.6) is 0 Å². The molecule has 21 heavy (non-hydrogen) atoms. The fourth-order valence-electron chi connectivity index (χ4n) is 2.79. The van der Waals surface area contributed by atoms with Crippen LogP contribution in [-0.4, -0.2) is 0 Å². The number of hydrogen-bond donors (Lipinski definition) is 0. The fraction of sp³-hybridized carbons (Fsp3) is 0.222. The maximum atomic E-state index is 14.7. The van der Waals surface area contributed by atoms with Crippen LogP contribution in [0.1, 0.15) is 25.0 Å². The molecule has 3 aromatic carbocycles. The number of aryl methyl sites for hydroxylation is 2. The SMILES string of the molecule is CCc1ccc2cc3ccc(CC)c(F)c3c(F)c2c1F. The Morgan fingerprint density at radius 1 is 0.667 bits per heavy atom. The summed E-state index contributed by atoms with van der Waals surface area (Å²) in [7, 11) is 0. The Balaban J connectivity index is 2.52. The van der Waals surface area contributed by atoms with Crippen molar-refractivity contribution in [1.82, 2.24) is 0 Å². The van der Waals surface area contributed by atoms with Crippen LogP contribution in [0.4, 0.5) is 13.2 Å². The van der Waals surface area contributed by atoms with E-state index in [1.54, 1.807) is 44.2 Å². The van der Waals surface area contributed by atoms with Crippen molar-refractivity contribution < 1.29 is 13.2 Å². The van der Waals surface area contributed by atoms with Crippen molar-refractivity contribution in [3.05, 3.63) is 58.9 Å². The van der Waals surface area contributed by atoms with Crippen molar-refractivity contribution in [2.45, 2.75) is 26.7 Å². The Bertz CT molecular complexity index is 782. The molecule has 0 bridgehead atoms. The average Bonchev–Trinajstić information content (AvgIpc) is 2.47. The molecule has 0 amide bonds. The molecule has 0 N–H and O–H groups in total. The van der Waals surface area contributed by atoms with Gasteiger partial charge in [-0.15, -0.1) is 0 Å². The number of hydrogen-bond acceptors (Lipinski definition) is 0. The third-order valence-electron chi connectivity index (χ3n) is 4.02. The van der Waals surface area contributed by atoms with Crippen LogP contribution in [0, 0.1) is 17.5 Å². The average molecular weight is 288 g/mol. The van der Waals surface area contributed by atoms with Gasteiger partial charge >= 0.3 is 0 Å². The van der Waals surface area contributed by atoms with Gasteiger partial charge in [0.25, 0.3) is 0 Å². The van der Waals surface area contributed by atoms with Gasteiger partial charge in [-0.1, -0.05) is 38.1 Å². The van der Waals surface area contributed by atoms with E-state index in [2.05, 4.69) is 0 Å². The minimum absolute atomic E-state index is 0.117. The predicted octanol–water partition coefficient (Wildman–Crippen LogP) is 5.54. The number of fused-ring (bicyclic) bond motifs is 2. The first-order valence-corrected chi connectivity index (χ1v) is 7.09. The van der Waals surface area contributed by atoms with E-state index in [4.69, 9.17) is 0 Å². The Labute approximate surface area is 121 Å². The highest BCUT2D eigenvalue weighted by atomic mass is 19.1. The molecule has 0 aliphatic carbocycles. The zero-order valence-corrected chi connectivity index (χ0v) is 11.9. The van der Waals surface area contributed by atoms with Gasteiger partial charge in [0, 0.05) is 0 Å². The smallest absolute Gasteiger partial charge is 0.144 e. The first-order valence-electron chi connectivity index (χ1n) is 7.09. The van der Waals surface area contributed by atoms with Crippen LogP contribution in [0.3, 0.4) is 0 Å². The van der Waals surface area contributed by atoms with Gasteiger partial charge in [-0.25, -0.2) is 13.2 Å². The van der Waals surface area contributed by atoms with Gasteiger partial charge < -0.3 is 0 Å². The molecule has 0 radical (unpaired) electrons. The molecule has 0 fully saturated rings. The Morgan fingerprint density at radius 2 is 1.10 bits per heavy atom. The lowest BCUT2D eigenvalue weighted by atomic mass is 9.97. The van der Waals surface area contributed by atoms with Crippen molar-refractivity contribution in [2.75, 3.05) is 0 Å². The predicted molar refractivity (Wildman–Crippen MR) is 80.1 cm³/mol. The third kappa shape index (κ3) is 1.99. The normalized spacial score (nSPS) is 11.5. The molecule has 3 rings (SSSR count). The fourth-order valence-corrected chi connectivity index (χ4v) is 2.79. The lowest BCUT2D eigenvalue weighted by Gasteiger charge is -2.11. The third-order valence-corrected chi connectivity index (χ3v) is 4.02. The summed E-state index contributed by atoms with van der Waals surface area (Å²) in [4.78, 5) is 0. The first kappa shape index (κ1) is 13.9. The zero-order chi connectivity index (χ0) is 15.1. The van der Waals surface area contributed by atoms with E-state index in [0.717, 1.165) is 0 Å². The first-order chi connectivity index (χ1) is 10.1. The van der Waals surface area contributed by atoms with Gasteiger partial charge in [0.05, 0.1) is 10.8 Å². The summed E-state index contributed by atoms with van der Waals surface area (Å²) in [5.41, 5.74) is 0.876. The van der Waals surface area contributed by atoms with Crippen LogP contribution in [0.15, 0.2) is 30.3 Å². The Hall–Kier alpha value is -2.03. The molecule has 0 atom stereocenters. The molecule has 108 valence electrons. The topological polar surface area (TPSA) is 0 Å². The standard InChI is InChI=1S/C18H15F3/c1-3-10-5-7-12-9-13-8-6-11(4-2)17(20)15(13)18(21)14(12)16(10)19/h5-9H,3-4H2,1-2H3. The second kappa shape index (κ2) is 5.06. The molecule has 0 aliphatic rings. The summed E-state index contributed by atoms with van der Waals surface area (Å²) in [6.45, 7) is 3.61. The molecule has 0 spiro atoms. The molecule has 3 heteroatoms. The minimum atomic E-state index is -0.803. The number of benzene rings is 3. The van der Waals surface area contributed by atoms with Crippen LogP contribution >= 0.6 is 0 Å². The second-order valence-electron chi connectivity index (χ2n) is 5.17. The minimum Gasteiger partial charge on any atom is -0.206 e. The summed E-state index contributed by atoms with van der Waals surface area (Å²) in [6.07, 6.45) is 0.938. The maximum absolute atomic E-state index is 14.7. The van der Waals surface area contributed by atoms with Crippen LogP contribution < -0.4 is 0 Å². The highest BCUT2D eigenvalue weighted by molar-refractivity contribution is 6.00. The molecule has 0 nitrogen and oxygen atoms in total. The van der Waals surface area contributed by atoms with E-state index in [0.29, 0.717) is 34.7 Å². The van der Waals surface area contributed by atoms with Gasteiger partial charge in [-0.2, -0.15) is 0 Å². The molecule has 0 aliphatic heterocycles. The van der Waals surface area contributed by atoms with Crippen LogP contribution in [0.25, 0.3) is 21.5 Å². The highest BCUT2D eigenvalue weighted by Gasteiger charge is 2.17. The summed E-state index contributed by atoms with van der Waals surface area (Å²) in [5.74, 6) is -1.98. The van der Waals surface area contributed by atoms with Crippen molar-refractivity contribution in [3.8, 4) is 0 Å². The lowest BCUT2D eigenvalue weighted by molar-refractivity contribution is 0.591. The summed E-state index contributed by atoms with van der Waals surface area (Å²) in [6, 6.07) is 8.31. The summed E-state index contributed by atoms with van der Waals surface area (Å²) in [5, 5.41) is 0.680. The summed E-state index contributed by atoms with van der Waals surface area (Å²) >= 11 is 0. The van der Waals surface area contributed by atoms with Gasteiger partial charge in [-0.3, -0.25) is 0 Å². The molecular formula is C18H15F3. The van der Waals surface area contributed by atoms with Crippen LogP contribution in [-0.2, 0) is 12.8 Å². The van der Waals surface area contributed by atoms with E-state index in [1.807, 2.05) is 0 Å². The van der Waals surface area contributed by atoms with Crippen molar-refractivity contribution in [2.24, 2.45) is 0 Å². The number of rotatable bonds is 2. The zero-order valence-electron chi connectivity index (χ0n) is 11.9. The van der Waals surface area contributed by atoms with E-state index >= 15 is 0 Å². The van der Waals surface area contributed by atoms with Gasteiger partial charge in [0.2, 0.25) is 0 Å².